The lowest BCUT2D eigenvalue weighted by Gasteiger charge is -2.17. The fourth-order valence-electron chi connectivity index (χ4n) is 2.70. The van der Waals surface area contributed by atoms with Gasteiger partial charge in [0, 0.05) is 0 Å². The van der Waals surface area contributed by atoms with Crippen molar-refractivity contribution in [2.75, 3.05) is 13.7 Å². The zero-order valence-corrected chi connectivity index (χ0v) is 13.2. The first-order chi connectivity index (χ1) is 10.1. The highest BCUT2D eigenvalue weighted by Crippen LogP contribution is 2.20. The average Bonchev–Trinajstić information content (AvgIpc) is 2.50. The Hall–Kier alpha value is -1.80. The maximum Gasteiger partial charge on any atom is 0.119 e. The molecule has 2 aromatic rings. The van der Waals surface area contributed by atoms with Gasteiger partial charge < -0.3 is 10.5 Å². The van der Waals surface area contributed by atoms with E-state index in [1.165, 1.54) is 22.3 Å². The molecule has 0 aliphatic carbocycles. The SMILES string of the molecule is COc1cccc(CC(CN)Cc2cc(C)ccc2C)c1. The molecule has 0 aromatic heterocycles. The van der Waals surface area contributed by atoms with E-state index >= 15 is 0 Å². The second-order valence-corrected chi connectivity index (χ2v) is 5.79. The molecule has 0 heterocycles. The highest BCUT2D eigenvalue weighted by atomic mass is 16.5. The number of benzene rings is 2. The van der Waals surface area contributed by atoms with E-state index in [-0.39, 0.29) is 0 Å². The number of ether oxygens (including phenoxy) is 1. The van der Waals surface area contributed by atoms with Crippen molar-refractivity contribution in [2.45, 2.75) is 26.7 Å². The Balaban J connectivity index is 2.10. The van der Waals surface area contributed by atoms with E-state index in [1.54, 1.807) is 7.11 Å². The Bertz CT molecular complexity index is 592. The summed E-state index contributed by atoms with van der Waals surface area (Å²) < 4.78 is 5.29. The maximum absolute atomic E-state index is 6.00. The lowest BCUT2D eigenvalue weighted by Crippen LogP contribution is -2.20. The van der Waals surface area contributed by atoms with Crippen LogP contribution in [0.4, 0.5) is 0 Å². The van der Waals surface area contributed by atoms with E-state index < -0.39 is 0 Å². The third kappa shape index (κ3) is 4.33. The molecular weight excluding hydrogens is 258 g/mol. The van der Waals surface area contributed by atoms with Gasteiger partial charge in [0.1, 0.15) is 5.75 Å². The van der Waals surface area contributed by atoms with Gasteiger partial charge in [-0.25, -0.2) is 0 Å². The molecule has 0 saturated heterocycles. The third-order valence-corrected chi connectivity index (χ3v) is 4.01. The van der Waals surface area contributed by atoms with Crippen LogP contribution < -0.4 is 10.5 Å². The van der Waals surface area contributed by atoms with E-state index in [2.05, 4.69) is 44.2 Å². The molecule has 0 aliphatic heterocycles. The lowest BCUT2D eigenvalue weighted by molar-refractivity contribution is 0.413. The van der Waals surface area contributed by atoms with Gasteiger partial charge in [-0.2, -0.15) is 0 Å². The fraction of sp³-hybridized carbons (Fsp3) is 0.368. The molecule has 2 nitrogen and oxygen atoms in total. The first kappa shape index (κ1) is 15.6. The molecule has 0 saturated carbocycles. The Morgan fingerprint density at radius 1 is 1.05 bits per heavy atom. The van der Waals surface area contributed by atoms with Crippen molar-refractivity contribution in [3.63, 3.8) is 0 Å². The summed E-state index contributed by atoms with van der Waals surface area (Å²) in [4.78, 5) is 0. The van der Waals surface area contributed by atoms with Crippen molar-refractivity contribution in [1.29, 1.82) is 0 Å². The molecule has 2 rings (SSSR count). The first-order valence-electron chi connectivity index (χ1n) is 7.51. The van der Waals surface area contributed by atoms with Crippen LogP contribution in [0.5, 0.6) is 5.75 Å². The van der Waals surface area contributed by atoms with E-state index in [0.29, 0.717) is 12.5 Å². The van der Waals surface area contributed by atoms with E-state index in [1.807, 2.05) is 12.1 Å². The minimum atomic E-state index is 0.456. The standard InChI is InChI=1S/C19H25NO/c1-14-7-8-15(2)18(9-14)11-17(13-20)10-16-5-4-6-19(12-16)21-3/h4-9,12,17H,10-11,13,20H2,1-3H3. The van der Waals surface area contributed by atoms with Crippen molar-refractivity contribution in [3.05, 3.63) is 64.7 Å². The Labute approximate surface area is 127 Å². The van der Waals surface area contributed by atoms with Crippen LogP contribution in [0, 0.1) is 19.8 Å². The molecule has 1 unspecified atom stereocenters. The van der Waals surface area contributed by atoms with Crippen molar-refractivity contribution >= 4 is 0 Å². The van der Waals surface area contributed by atoms with Gasteiger partial charge >= 0.3 is 0 Å². The van der Waals surface area contributed by atoms with Crippen LogP contribution in [0.1, 0.15) is 22.3 Å². The van der Waals surface area contributed by atoms with Crippen molar-refractivity contribution in [1.82, 2.24) is 0 Å². The van der Waals surface area contributed by atoms with Gasteiger partial charge in [-0.3, -0.25) is 0 Å². The van der Waals surface area contributed by atoms with Gasteiger partial charge in [0.25, 0.3) is 0 Å². The van der Waals surface area contributed by atoms with Crippen molar-refractivity contribution in [2.24, 2.45) is 11.7 Å². The Morgan fingerprint density at radius 2 is 1.86 bits per heavy atom. The van der Waals surface area contributed by atoms with E-state index in [9.17, 15) is 0 Å². The third-order valence-electron chi connectivity index (χ3n) is 4.01. The van der Waals surface area contributed by atoms with Gasteiger partial charge in [-0.05, 0) is 68.0 Å². The quantitative estimate of drug-likeness (QED) is 0.878. The fourth-order valence-corrected chi connectivity index (χ4v) is 2.70. The predicted molar refractivity (Wildman–Crippen MR) is 88.9 cm³/mol. The molecule has 0 fully saturated rings. The molecule has 1 atom stereocenters. The summed E-state index contributed by atoms with van der Waals surface area (Å²) in [5, 5.41) is 0. The molecule has 112 valence electrons. The number of aryl methyl sites for hydroxylation is 2. The van der Waals surface area contributed by atoms with Crippen LogP contribution in [0.2, 0.25) is 0 Å². The number of hydrogen-bond acceptors (Lipinski definition) is 2. The van der Waals surface area contributed by atoms with Gasteiger partial charge in [-0.15, -0.1) is 0 Å². The summed E-state index contributed by atoms with van der Waals surface area (Å²) in [5.41, 5.74) is 11.4. The second kappa shape index (κ2) is 7.28. The van der Waals surface area contributed by atoms with Crippen LogP contribution in [0.15, 0.2) is 42.5 Å². The highest BCUT2D eigenvalue weighted by Gasteiger charge is 2.11. The molecule has 2 heteroatoms. The molecule has 0 spiro atoms. The average molecular weight is 283 g/mol. The molecule has 2 N–H and O–H groups in total. The normalized spacial score (nSPS) is 12.2. The van der Waals surface area contributed by atoms with Gasteiger partial charge in [0.05, 0.1) is 7.11 Å². The Morgan fingerprint density at radius 3 is 2.57 bits per heavy atom. The summed E-state index contributed by atoms with van der Waals surface area (Å²) in [7, 11) is 1.70. The number of hydrogen-bond donors (Lipinski definition) is 1. The van der Waals surface area contributed by atoms with Gasteiger partial charge in [0.2, 0.25) is 0 Å². The monoisotopic (exact) mass is 283 g/mol. The topological polar surface area (TPSA) is 35.2 Å². The summed E-state index contributed by atoms with van der Waals surface area (Å²) >= 11 is 0. The summed E-state index contributed by atoms with van der Waals surface area (Å²) in [6.45, 7) is 5.01. The van der Waals surface area contributed by atoms with Gasteiger partial charge in [-0.1, -0.05) is 35.9 Å². The maximum atomic E-state index is 6.00. The predicted octanol–water partition coefficient (Wildman–Crippen LogP) is 3.67. The molecule has 0 radical (unpaired) electrons. The van der Waals surface area contributed by atoms with Crippen molar-refractivity contribution < 1.29 is 4.74 Å². The molecule has 0 amide bonds. The zero-order chi connectivity index (χ0) is 15.2. The van der Waals surface area contributed by atoms with Gasteiger partial charge in [0.15, 0.2) is 0 Å². The smallest absolute Gasteiger partial charge is 0.119 e. The lowest BCUT2D eigenvalue weighted by atomic mass is 9.90. The molecule has 2 aromatic carbocycles. The van der Waals surface area contributed by atoms with Crippen LogP contribution in [0.25, 0.3) is 0 Å². The number of methoxy groups -OCH3 is 1. The molecule has 0 bridgehead atoms. The van der Waals surface area contributed by atoms with Crippen LogP contribution in [-0.2, 0) is 12.8 Å². The molecular formula is C19H25NO. The van der Waals surface area contributed by atoms with Crippen molar-refractivity contribution in [3.8, 4) is 5.75 Å². The largest absolute Gasteiger partial charge is 0.497 e. The van der Waals surface area contributed by atoms with E-state index in [0.717, 1.165) is 18.6 Å². The molecule has 0 aliphatic rings. The van der Waals surface area contributed by atoms with E-state index in [4.69, 9.17) is 10.5 Å². The summed E-state index contributed by atoms with van der Waals surface area (Å²) in [6.07, 6.45) is 2.02. The summed E-state index contributed by atoms with van der Waals surface area (Å²) in [5.74, 6) is 1.37. The van der Waals surface area contributed by atoms with Crippen LogP contribution >= 0.6 is 0 Å². The number of nitrogens with two attached hydrogens (primary N) is 1. The second-order valence-electron chi connectivity index (χ2n) is 5.79. The highest BCUT2D eigenvalue weighted by molar-refractivity contribution is 5.32. The minimum Gasteiger partial charge on any atom is -0.497 e. The summed E-state index contributed by atoms with van der Waals surface area (Å²) in [6, 6.07) is 14.9. The number of rotatable bonds is 6. The van der Waals surface area contributed by atoms with Crippen LogP contribution in [-0.4, -0.2) is 13.7 Å². The minimum absolute atomic E-state index is 0.456. The molecule has 21 heavy (non-hydrogen) atoms. The Kier molecular flexibility index (Phi) is 5.40. The van der Waals surface area contributed by atoms with Crippen LogP contribution in [0.3, 0.4) is 0 Å². The first-order valence-corrected chi connectivity index (χ1v) is 7.51. The zero-order valence-electron chi connectivity index (χ0n) is 13.2.